The molecule has 0 saturated heterocycles. The summed E-state index contributed by atoms with van der Waals surface area (Å²) < 4.78 is 1.86. The van der Waals surface area contributed by atoms with E-state index in [1.165, 1.54) is 0 Å². The zero-order valence-corrected chi connectivity index (χ0v) is 11.6. The molecule has 0 spiro atoms. The molecular weight excluding hydrogens is 246 g/mol. The number of rotatable bonds is 4. The third-order valence-electron chi connectivity index (χ3n) is 2.67. The number of aliphatic hydroxyl groups is 1. The van der Waals surface area contributed by atoms with E-state index in [0.717, 1.165) is 21.3 Å². The summed E-state index contributed by atoms with van der Waals surface area (Å²) in [6.45, 7) is 3.91. The summed E-state index contributed by atoms with van der Waals surface area (Å²) in [5, 5.41) is 15.1. The molecule has 4 nitrogen and oxygen atoms in total. The summed E-state index contributed by atoms with van der Waals surface area (Å²) in [6, 6.07) is 5.90. The van der Waals surface area contributed by atoms with Gasteiger partial charge in [-0.05, 0) is 31.5 Å². The number of nitrogens with zero attached hydrogens (tertiary/aromatic N) is 3. The summed E-state index contributed by atoms with van der Waals surface area (Å²) in [7, 11) is 1.93. The molecule has 2 rings (SSSR count). The minimum atomic E-state index is -0.469. The van der Waals surface area contributed by atoms with Crippen LogP contribution in [-0.2, 0) is 7.05 Å². The van der Waals surface area contributed by atoms with Crippen LogP contribution >= 0.6 is 11.8 Å². The average Bonchev–Trinajstić information content (AvgIpc) is 2.68. The van der Waals surface area contributed by atoms with Gasteiger partial charge in [-0.25, -0.2) is 0 Å². The van der Waals surface area contributed by atoms with Gasteiger partial charge < -0.3 is 5.11 Å². The van der Waals surface area contributed by atoms with Crippen LogP contribution in [0.15, 0.2) is 34.3 Å². The molecule has 0 aliphatic heterocycles. The second kappa shape index (κ2) is 5.54. The fourth-order valence-corrected chi connectivity index (χ4v) is 2.55. The molecule has 0 aliphatic carbocycles. The van der Waals surface area contributed by atoms with Crippen molar-refractivity contribution in [1.29, 1.82) is 0 Å². The van der Waals surface area contributed by atoms with Gasteiger partial charge in [-0.15, -0.1) is 0 Å². The molecule has 5 heteroatoms. The van der Waals surface area contributed by atoms with Crippen molar-refractivity contribution in [1.82, 2.24) is 14.8 Å². The first-order valence-corrected chi connectivity index (χ1v) is 6.74. The molecule has 2 aromatic heterocycles. The van der Waals surface area contributed by atoms with E-state index >= 15 is 0 Å². The minimum Gasteiger partial charge on any atom is -0.387 e. The van der Waals surface area contributed by atoms with E-state index in [1.807, 2.05) is 43.8 Å². The van der Waals surface area contributed by atoms with Crippen molar-refractivity contribution in [2.75, 3.05) is 0 Å². The first kappa shape index (κ1) is 13.1. The quantitative estimate of drug-likeness (QED) is 0.921. The Morgan fingerprint density at radius 3 is 2.72 bits per heavy atom. The predicted molar refractivity (Wildman–Crippen MR) is 71.6 cm³/mol. The average molecular weight is 263 g/mol. The van der Waals surface area contributed by atoms with Crippen LogP contribution in [0.3, 0.4) is 0 Å². The molecular formula is C13H17N3OS. The zero-order valence-electron chi connectivity index (χ0n) is 10.8. The van der Waals surface area contributed by atoms with Crippen molar-refractivity contribution < 1.29 is 5.11 Å². The van der Waals surface area contributed by atoms with E-state index in [9.17, 15) is 5.11 Å². The Hall–Kier alpha value is -1.33. The van der Waals surface area contributed by atoms with E-state index < -0.39 is 6.10 Å². The Bertz CT molecular complexity index is 522. The van der Waals surface area contributed by atoms with Crippen LogP contribution in [0.1, 0.15) is 30.8 Å². The largest absolute Gasteiger partial charge is 0.387 e. The van der Waals surface area contributed by atoms with E-state index in [-0.39, 0.29) is 0 Å². The maximum Gasteiger partial charge on any atom is 0.0987 e. The Balaban J connectivity index is 2.13. The number of pyridine rings is 1. The van der Waals surface area contributed by atoms with Crippen LogP contribution in [0.25, 0.3) is 0 Å². The van der Waals surface area contributed by atoms with Gasteiger partial charge in [0.15, 0.2) is 0 Å². The van der Waals surface area contributed by atoms with Crippen molar-refractivity contribution in [2.24, 2.45) is 7.05 Å². The summed E-state index contributed by atoms with van der Waals surface area (Å²) in [4.78, 5) is 5.33. The summed E-state index contributed by atoms with van der Waals surface area (Å²) in [6.07, 6.45) is 2.00. The van der Waals surface area contributed by atoms with Crippen molar-refractivity contribution in [2.45, 2.75) is 36.3 Å². The highest BCUT2D eigenvalue weighted by Gasteiger charge is 2.08. The molecule has 0 bridgehead atoms. The van der Waals surface area contributed by atoms with Crippen LogP contribution in [0.2, 0.25) is 0 Å². The normalized spacial score (nSPS) is 12.7. The minimum absolute atomic E-state index is 0.469. The number of aryl methyl sites for hydroxylation is 2. The fourth-order valence-electron chi connectivity index (χ4n) is 1.66. The van der Waals surface area contributed by atoms with Gasteiger partial charge >= 0.3 is 0 Å². The second-order valence-corrected chi connectivity index (χ2v) is 5.29. The first-order valence-electron chi connectivity index (χ1n) is 5.92. The predicted octanol–water partition coefficient (Wildman–Crippen LogP) is 2.72. The van der Waals surface area contributed by atoms with Gasteiger partial charge in [-0.1, -0.05) is 18.7 Å². The molecule has 96 valence electrons. The van der Waals surface area contributed by atoms with Gasteiger partial charge in [-0.3, -0.25) is 9.67 Å². The van der Waals surface area contributed by atoms with E-state index in [1.54, 1.807) is 18.0 Å². The van der Waals surface area contributed by atoms with Crippen LogP contribution < -0.4 is 0 Å². The molecule has 2 heterocycles. The van der Waals surface area contributed by atoms with Crippen LogP contribution in [0, 0.1) is 6.92 Å². The molecule has 2 aromatic rings. The molecule has 1 unspecified atom stereocenters. The third kappa shape index (κ3) is 2.91. The zero-order chi connectivity index (χ0) is 13.1. The highest BCUT2D eigenvalue weighted by atomic mass is 32.2. The van der Waals surface area contributed by atoms with Crippen molar-refractivity contribution in [3.05, 3.63) is 35.8 Å². The molecule has 1 N–H and O–H groups in total. The Labute approximate surface area is 111 Å². The third-order valence-corrected chi connectivity index (χ3v) is 3.74. The van der Waals surface area contributed by atoms with Gasteiger partial charge in [-0.2, -0.15) is 5.10 Å². The Morgan fingerprint density at radius 1 is 1.44 bits per heavy atom. The second-order valence-electron chi connectivity index (χ2n) is 4.19. The number of aliphatic hydroxyl groups excluding tert-OH is 1. The van der Waals surface area contributed by atoms with Crippen LogP contribution in [0.5, 0.6) is 0 Å². The number of hydrogen-bond acceptors (Lipinski definition) is 4. The molecule has 18 heavy (non-hydrogen) atoms. The Kier molecular flexibility index (Phi) is 4.04. The molecule has 1 atom stereocenters. The molecule has 0 radical (unpaired) electrons. The maximum absolute atomic E-state index is 9.67. The lowest BCUT2D eigenvalue weighted by molar-refractivity contribution is 0.169. The van der Waals surface area contributed by atoms with E-state index in [0.29, 0.717) is 6.42 Å². The van der Waals surface area contributed by atoms with Gasteiger partial charge in [0.05, 0.1) is 22.5 Å². The van der Waals surface area contributed by atoms with Crippen molar-refractivity contribution in [3.8, 4) is 0 Å². The van der Waals surface area contributed by atoms with Crippen LogP contribution in [-0.4, -0.2) is 19.9 Å². The lowest BCUT2D eigenvalue weighted by atomic mass is 10.2. The highest BCUT2D eigenvalue weighted by molar-refractivity contribution is 7.99. The monoisotopic (exact) mass is 263 g/mol. The standard InChI is InChI=1S/C13H17N3OS/c1-4-12(17)11-6-5-10(8-14-11)18-13-7-9(2)15-16(13)3/h5-8,12,17H,4H2,1-3H3. The lowest BCUT2D eigenvalue weighted by Crippen LogP contribution is -1.98. The van der Waals surface area contributed by atoms with E-state index in [2.05, 4.69) is 10.1 Å². The summed E-state index contributed by atoms with van der Waals surface area (Å²) >= 11 is 1.62. The van der Waals surface area contributed by atoms with Gasteiger partial charge in [0.1, 0.15) is 0 Å². The number of hydrogen-bond donors (Lipinski definition) is 1. The Morgan fingerprint density at radius 2 is 2.22 bits per heavy atom. The molecule has 0 amide bonds. The molecule has 0 aliphatic rings. The van der Waals surface area contributed by atoms with Crippen molar-refractivity contribution in [3.63, 3.8) is 0 Å². The van der Waals surface area contributed by atoms with Crippen LogP contribution in [0.4, 0.5) is 0 Å². The lowest BCUT2D eigenvalue weighted by Gasteiger charge is -2.07. The molecule has 0 aromatic carbocycles. The van der Waals surface area contributed by atoms with E-state index in [4.69, 9.17) is 0 Å². The highest BCUT2D eigenvalue weighted by Crippen LogP contribution is 2.28. The summed E-state index contributed by atoms with van der Waals surface area (Å²) in [5.41, 5.74) is 1.73. The topological polar surface area (TPSA) is 50.9 Å². The molecule has 0 fully saturated rings. The SMILES string of the molecule is CCC(O)c1ccc(Sc2cc(C)nn2C)cn1. The van der Waals surface area contributed by atoms with Gasteiger partial charge in [0.2, 0.25) is 0 Å². The molecule has 0 saturated carbocycles. The number of aromatic nitrogens is 3. The van der Waals surface area contributed by atoms with Crippen molar-refractivity contribution >= 4 is 11.8 Å². The maximum atomic E-state index is 9.67. The van der Waals surface area contributed by atoms with Gasteiger partial charge in [0, 0.05) is 18.1 Å². The fraction of sp³-hybridized carbons (Fsp3) is 0.385. The summed E-state index contributed by atoms with van der Waals surface area (Å²) in [5.74, 6) is 0. The first-order chi connectivity index (χ1) is 8.60. The van der Waals surface area contributed by atoms with Gasteiger partial charge in [0.25, 0.3) is 0 Å². The smallest absolute Gasteiger partial charge is 0.0987 e.